The van der Waals surface area contributed by atoms with Gasteiger partial charge in [0.1, 0.15) is 5.41 Å². The first-order valence-corrected chi connectivity index (χ1v) is 10.0. The lowest BCUT2D eigenvalue weighted by molar-refractivity contribution is -0.165. The number of hydrogen-bond acceptors (Lipinski definition) is 4. The van der Waals surface area contributed by atoms with Gasteiger partial charge in [0.2, 0.25) is 0 Å². The summed E-state index contributed by atoms with van der Waals surface area (Å²) in [6.45, 7) is 7.87. The van der Waals surface area contributed by atoms with Gasteiger partial charge in [0.25, 0.3) is 0 Å². The molecule has 1 aliphatic heterocycles. The number of carboxylic acid groups (broad SMARTS) is 1. The summed E-state index contributed by atoms with van der Waals surface area (Å²) in [4.78, 5) is 14.3. The van der Waals surface area contributed by atoms with Crippen molar-refractivity contribution in [2.24, 2.45) is 11.3 Å². The Balaban J connectivity index is 1.79. The van der Waals surface area contributed by atoms with E-state index in [0.29, 0.717) is 38.4 Å². The number of aryl methyl sites for hydroxylation is 1. The minimum Gasteiger partial charge on any atom is -0.481 e. The Morgan fingerprint density at radius 1 is 1.36 bits per heavy atom. The first-order chi connectivity index (χ1) is 13.3. The molecule has 0 saturated carbocycles. The van der Waals surface area contributed by atoms with Gasteiger partial charge in [-0.1, -0.05) is 43.7 Å². The maximum atomic E-state index is 12.2. The van der Waals surface area contributed by atoms with Crippen molar-refractivity contribution in [2.45, 2.75) is 52.7 Å². The van der Waals surface area contributed by atoms with E-state index in [0.717, 1.165) is 23.2 Å². The van der Waals surface area contributed by atoms with Crippen LogP contribution >= 0.6 is 0 Å². The van der Waals surface area contributed by atoms with Crippen LogP contribution in [0.2, 0.25) is 0 Å². The number of hydrogen-bond donors (Lipinski definition) is 3. The second-order valence-electron chi connectivity index (χ2n) is 8.55. The van der Waals surface area contributed by atoms with Crippen LogP contribution < -0.4 is 0 Å². The maximum Gasteiger partial charge on any atom is 0.313 e. The Bertz CT molecular complexity index is 800. The molecule has 0 radical (unpaired) electrons. The fourth-order valence-electron chi connectivity index (χ4n) is 4.05. The van der Waals surface area contributed by atoms with Gasteiger partial charge in [0, 0.05) is 25.2 Å². The van der Waals surface area contributed by atoms with Crippen LogP contribution in [0, 0.1) is 18.3 Å². The topological polar surface area (TPSA) is 89.5 Å². The summed E-state index contributed by atoms with van der Waals surface area (Å²) in [5.74, 6) is -0.489. The number of nitrogens with one attached hydrogen (secondary N) is 1. The molecule has 3 N–H and O–H groups in total. The largest absolute Gasteiger partial charge is 0.481 e. The molecule has 1 fully saturated rings. The summed E-state index contributed by atoms with van der Waals surface area (Å²) in [5, 5.41) is 27.8. The van der Waals surface area contributed by atoms with Crippen molar-refractivity contribution in [3.8, 4) is 11.3 Å². The zero-order valence-corrected chi connectivity index (χ0v) is 17.0. The lowest BCUT2D eigenvalue weighted by Crippen LogP contribution is -2.55. The normalized spacial score (nSPS) is 23.2. The van der Waals surface area contributed by atoms with Gasteiger partial charge in [-0.25, -0.2) is 0 Å². The van der Waals surface area contributed by atoms with E-state index in [1.807, 2.05) is 6.20 Å². The summed E-state index contributed by atoms with van der Waals surface area (Å²) in [7, 11) is 0. The lowest BCUT2D eigenvalue weighted by atomic mass is 9.72. The molecular weight excluding hydrogens is 354 g/mol. The molecular formula is C22H31N3O3. The van der Waals surface area contributed by atoms with Crippen molar-refractivity contribution in [3.63, 3.8) is 0 Å². The van der Waals surface area contributed by atoms with Gasteiger partial charge in [-0.2, -0.15) is 5.10 Å². The molecule has 3 rings (SSSR count). The van der Waals surface area contributed by atoms with Gasteiger partial charge in [0.05, 0.1) is 18.0 Å². The van der Waals surface area contributed by atoms with Crippen molar-refractivity contribution in [2.75, 3.05) is 13.1 Å². The van der Waals surface area contributed by atoms with Crippen molar-refractivity contribution in [1.82, 2.24) is 15.1 Å². The quantitative estimate of drug-likeness (QED) is 0.679. The van der Waals surface area contributed by atoms with E-state index >= 15 is 0 Å². The van der Waals surface area contributed by atoms with E-state index in [-0.39, 0.29) is 0 Å². The summed E-state index contributed by atoms with van der Waals surface area (Å²) in [5.41, 5.74) is 3.18. The molecule has 28 heavy (non-hydrogen) atoms. The Hall–Kier alpha value is -2.18. The van der Waals surface area contributed by atoms with Crippen LogP contribution in [0.4, 0.5) is 0 Å². The fraction of sp³-hybridized carbons (Fsp3) is 0.545. The van der Waals surface area contributed by atoms with Crippen LogP contribution in [0.5, 0.6) is 0 Å². The Morgan fingerprint density at radius 2 is 2.07 bits per heavy atom. The molecule has 0 amide bonds. The van der Waals surface area contributed by atoms with Gasteiger partial charge >= 0.3 is 5.97 Å². The predicted molar refractivity (Wildman–Crippen MR) is 109 cm³/mol. The number of H-pyrrole nitrogens is 1. The second kappa shape index (κ2) is 8.45. The number of benzene rings is 1. The standard InChI is InChI=1S/C22H31N3O3/c1-15(2)8-10-22(21(27)28)14-25(11-9-19(22)26)13-18-12-23-24-20(18)17-6-4-16(3)5-7-17/h4-7,12,15,19,26H,8-11,13-14H2,1-3H3,(H,23,24)(H,27,28)/t19-,22-/m1/s1. The number of aliphatic hydroxyl groups excluding tert-OH is 1. The van der Waals surface area contributed by atoms with Gasteiger partial charge in [-0.15, -0.1) is 0 Å². The van der Waals surface area contributed by atoms with E-state index in [1.165, 1.54) is 5.56 Å². The van der Waals surface area contributed by atoms with Crippen molar-refractivity contribution in [1.29, 1.82) is 0 Å². The predicted octanol–water partition coefficient (Wildman–Crippen LogP) is 3.46. The highest BCUT2D eigenvalue weighted by atomic mass is 16.4. The van der Waals surface area contributed by atoms with Gasteiger partial charge < -0.3 is 10.2 Å². The average Bonchev–Trinajstić information content (AvgIpc) is 3.10. The van der Waals surface area contributed by atoms with Crippen molar-refractivity contribution >= 4 is 5.97 Å². The molecule has 6 heteroatoms. The summed E-state index contributed by atoms with van der Waals surface area (Å²) >= 11 is 0. The lowest BCUT2D eigenvalue weighted by Gasteiger charge is -2.43. The Kier molecular flexibility index (Phi) is 6.20. The smallest absolute Gasteiger partial charge is 0.313 e. The third-order valence-electron chi connectivity index (χ3n) is 5.91. The highest BCUT2D eigenvalue weighted by Gasteiger charge is 2.48. The summed E-state index contributed by atoms with van der Waals surface area (Å²) < 4.78 is 0. The minimum absolute atomic E-state index is 0.356. The van der Waals surface area contributed by atoms with E-state index in [2.05, 4.69) is 60.1 Å². The summed E-state index contributed by atoms with van der Waals surface area (Å²) in [6, 6.07) is 8.27. The number of nitrogens with zero attached hydrogens (tertiary/aromatic N) is 2. The third-order valence-corrected chi connectivity index (χ3v) is 5.91. The fourth-order valence-corrected chi connectivity index (χ4v) is 4.05. The highest BCUT2D eigenvalue weighted by molar-refractivity contribution is 5.76. The summed E-state index contributed by atoms with van der Waals surface area (Å²) in [6.07, 6.45) is 2.77. The molecule has 1 aromatic carbocycles. The van der Waals surface area contributed by atoms with E-state index in [9.17, 15) is 15.0 Å². The van der Waals surface area contributed by atoms with Gasteiger partial charge in [-0.3, -0.25) is 14.8 Å². The average molecular weight is 386 g/mol. The number of carbonyl (C=O) groups is 1. The van der Waals surface area contributed by atoms with Crippen molar-refractivity contribution < 1.29 is 15.0 Å². The number of likely N-dealkylation sites (tertiary alicyclic amines) is 1. The Labute approximate surface area is 166 Å². The van der Waals surface area contributed by atoms with Gasteiger partial charge in [-0.05, 0) is 37.7 Å². The van der Waals surface area contributed by atoms with Crippen molar-refractivity contribution in [3.05, 3.63) is 41.6 Å². The van der Waals surface area contributed by atoms with Gasteiger partial charge in [0.15, 0.2) is 0 Å². The molecule has 6 nitrogen and oxygen atoms in total. The molecule has 0 unspecified atom stereocenters. The van der Waals surface area contributed by atoms with Crippen LogP contribution in [-0.2, 0) is 11.3 Å². The second-order valence-corrected chi connectivity index (χ2v) is 8.55. The molecule has 0 spiro atoms. The molecule has 2 aromatic rings. The van der Waals surface area contributed by atoms with E-state index in [4.69, 9.17) is 0 Å². The number of piperidine rings is 1. The first-order valence-electron chi connectivity index (χ1n) is 10.0. The first kappa shape index (κ1) is 20.6. The highest BCUT2D eigenvalue weighted by Crippen LogP contribution is 2.37. The molecule has 1 saturated heterocycles. The number of aliphatic hydroxyl groups is 1. The molecule has 2 heterocycles. The van der Waals surface area contributed by atoms with Crippen LogP contribution in [0.15, 0.2) is 30.5 Å². The zero-order chi connectivity index (χ0) is 20.3. The molecule has 0 aliphatic carbocycles. The number of rotatable bonds is 7. The zero-order valence-electron chi connectivity index (χ0n) is 17.0. The number of aromatic nitrogens is 2. The van der Waals surface area contributed by atoms with Crippen LogP contribution in [0.3, 0.4) is 0 Å². The van der Waals surface area contributed by atoms with E-state index < -0.39 is 17.5 Å². The van der Waals surface area contributed by atoms with E-state index in [1.54, 1.807) is 0 Å². The minimum atomic E-state index is -1.10. The Morgan fingerprint density at radius 3 is 2.71 bits per heavy atom. The SMILES string of the molecule is Cc1ccc(-c2[nH]ncc2CN2CC[C@@H](O)[C@](CCC(C)C)(C(=O)O)C2)cc1. The number of aromatic amines is 1. The number of carboxylic acids is 1. The van der Waals surface area contributed by atoms with Crippen LogP contribution in [-0.4, -0.2) is 50.5 Å². The molecule has 0 bridgehead atoms. The molecule has 2 atom stereocenters. The maximum absolute atomic E-state index is 12.2. The molecule has 152 valence electrons. The molecule has 1 aromatic heterocycles. The van der Waals surface area contributed by atoms with Crippen LogP contribution in [0.1, 0.15) is 44.2 Å². The van der Waals surface area contributed by atoms with Crippen LogP contribution in [0.25, 0.3) is 11.3 Å². The monoisotopic (exact) mass is 385 g/mol. The third kappa shape index (κ3) is 4.28. The molecule has 1 aliphatic rings. The number of aliphatic carboxylic acids is 1.